The number of methoxy groups -OCH3 is 2. The molecule has 0 aliphatic carbocycles. The van der Waals surface area contributed by atoms with Crippen LogP contribution in [0.3, 0.4) is 0 Å². The van der Waals surface area contributed by atoms with Crippen molar-refractivity contribution >= 4 is 23.1 Å². The average molecular weight is 370 g/mol. The van der Waals surface area contributed by atoms with Gasteiger partial charge in [0, 0.05) is 30.3 Å². The second-order valence-corrected chi connectivity index (χ2v) is 5.94. The van der Waals surface area contributed by atoms with Crippen LogP contribution in [0.15, 0.2) is 41.6 Å². The second-order valence-electron chi connectivity index (χ2n) is 5.94. The zero-order valence-corrected chi connectivity index (χ0v) is 15.6. The normalized spacial score (nSPS) is 14.6. The van der Waals surface area contributed by atoms with Crippen LogP contribution in [0.1, 0.15) is 29.3 Å². The van der Waals surface area contributed by atoms with Crippen molar-refractivity contribution in [3.05, 3.63) is 47.5 Å². The van der Waals surface area contributed by atoms with Crippen molar-refractivity contribution in [1.29, 1.82) is 0 Å². The third kappa shape index (κ3) is 3.53. The summed E-state index contributed by atoms with van der Waals surface area (Å²) in [6, 6.07) is 10.9. The Kier molecular flexibility index (Phi) is 5.49. The molecule has 3 rings (SSSR count). The smallest absolute Gasteiger partial charge is 0.338 e. The predicted octanol–water partition coefficient (Wildman–Crippen LogP) is 3.60. The molecule has 7 nitrogen and oxygen atoms in total. The molecule has 2 aromatic rings. The van der Waals surface area contributed by atoms with Gasteiger partial charge < -0.3 is 24.3 Å². The Labute approximate surface area is 157 Å². The summed E-state index contributed by atoms with van der Waals surface area (Å²) in [4.78, 5) is 14.1. The zero-order chi connectivity index (χ0) is 19.4. The maximum atomic E-state index is 12.1. The Morgan fingerprint density at radius 3 is 2.59 bits per heavy atom. The number of hydrogen-bond acceptors (Lipinski definition) is 7. The summed E-state index contributed by atoms with van der Waals surface area (Å²) < 4.78 is 15.9. The standard InChI is InChI=1S/C20H22N2O5/c1-4-27-20(23)13-6-5-7-14(10-13)22-9-8-16(21-24)15-11-18(25-2)19(26-3)12-17(15)22/h5-7,10-12,24H,4,8-9H2,1-3H3/b21-16+. The van der Waals surface area contributed by atoms with Crippen LogP contribution < -0.4 is 14.4 Å². The molecule has 0 spiro atoms. The maximum absolute atomic E-state index is 12.1. The molecule has 142 valence electrons. The highest BCUT2D eigenvalue weighted by Gasteiger charge is 2.26. The molecule has 1 heterocycles. The van der Waals surface area contributed by atoms with Gasteiger partial charge >= 0.3 is 5.97 Å². The molecule has 1 aliphatic heterocycles. The lowest BCUT2D eigenvalue weighted by atomic mass is 9.97. The number of hydrogen-bond donors (Lipinski definition) is 1. The minimum atomic E-state index is -0.360. The number of ether oxygens (including phenoxy) is 3. The summed E-state index contributed by atoms with van der Waals surface area (Å²) in [6.45, 7) is 2.69. The summed E-state index contributed by atoms with van der Waals surface area (Å²) >= 11 is 0. The van der Waals surface area contributed by atoms with Crippen molar-refractivity contribution in [1.82, 2.24) is 0 Å². The molecular weight excluding hydrogens is 348 g/mol. The molecule has 2 aromatic carbocycles. The van der Waals surface area contributed by atoms with Crippen molar-refractivity contribution < 1.29 is 24.2 Å². The van der Waals surface area contributed by atoms with Crippen LogP contribution in [0.5, 0.6) is 11.5 Å². The summed E-state index contributed by atoms with van der Waals surface area (Å²) in [5.41, 5.74) is 3.46. The Morgan fingerprint density at radius 1 is 1.19 bits per heavy atom. The van der Waals surface area contributed by atoms with E-state index in [-0.39, 0.29) is 5.97 Å². The van der Waals surface area contributed by atoms with Crippen LogP contribution in [-0.2, 0) is 4.74 Å². The van der Waals surface area contributed by atoms with Crippen LogP contribution in [0.25, 0.3) is 0 Å². The van der Waals surface area contributed by atoms with Crippen molar-refractivity contribution in [2.75, 3.05) is 32.3 Å². The van der Waals surface area contributed by atoms with Crippen LogP contribution in [0, 0.1) is 0 Å². The molecule has 1 N–H and O–H groups in total. The highest BCUT2D eigenvalue weighted by Crippen LogP contribution is 2.41. The van der Waals surface area contributed by atoms with Gasteiger partial charge in [-0.2, -0.15) is 0 Å². The lowest BCUT2D eigenvalue weighted by Crippen LogP contribution is -2.28. The largest absolute Gasteiger partial charge is 0.493 e. The minimum absolute atomic E-state index is 0.322. The van der Waals surface area contributed by atoms with E-state index >= 15 is 0 Å². The lowest BCUT2D eigenvalue weighted by Gasteiger charge is -2.32. The summed E-state index contributed by atoms with van der Waals surface area (Å²) in [7, 11) is 3.13. The highest BCUT2D eigenvalue weighted by atomic mass is 16.5. The number of oxime groups is 1. The number of esters is 1. The number of benzene rings is 2. The Morgan fingerprint density at radius 2 is 1.93 bits per heavy atom. The maximum Gasteiger partial charge on any atom is 0.338 e. The molecule has 0 saturated heterocycles. The number of fused-ring (bicyclic) bond motifs is 1. The summed E-state index contributed by atoms with van der Waals surface area (Å²) in [5.74, 6) is 0.767. The third-order valence-electron chi connectivity index (χ3n) is 4.47. The molecule has 0 bridgehead atoms. The number of anilines is 2. The zero-order valence-electron chi connectivity index (χ0n) is 15.6. The first-order valence-corrected chi connectivity index (χ1v) is 8.65. The Balaban J connectivity index is 2.09. The van der Waals surface area contributed by atoms with Gasteiger partial charge in [-0.15, -0.1) is 0 Å². The average Bonchev–Trinajstić information content (AvgIpc) is 2.72. The first-order chi connectivity index (χ1) is 13.1. The fraction of sp³-hybridized carbons (Fsp3) is 0.300. The molecule has 0 radical (unpaired) electrons. The molecule has 0 fully saturated rings. The third-order valence-corrected chi connectivity index (χ3v) is 4.47. The first kappa shape index (κ1) is 18.6. The summed E-state index contributed by atoms with van der Waals surface area (Å²) in [6.07, 6.45) is 0.544. The van der Waals surface area contributed by atoms with Gasteiger partial charge in [0.2, 0.25) is 0 Å². The van der Waals surface area contributed by atoms with E-state index in [1.165, 1.54) is 0 Å². The van der Waals surface area contributed by atoms with Gasteiger partial charge in [0.25, 0.3) is 0 Å². The molecule has 0 amide bonds. The minimum Gasteiger partial charge on any atom is -0.493 e. The van der Waals surface area contributed by atoms with E-state index in [1.54, 1.807) is 39.3 Å². The Hall–Kier alpha value is -3.22. The van der Waals surface area contributed by atoms with Gasteiger partial charge in [0.15, 0.2) is 11.5 Å². The van der Waals surface area contributed by atoms with Gasteiger partial charge in [-0.1, -0.05) is 11.2 Å². The first-order valence-electron chi connectivity index (χ1n) is 8.65. The lowest BCUT2D eigenvalue weighted by molar-refractivity contribution is 0.0526. The van der Waals surface area contributed by atoms with Gasteiger partial charge in [-0.05, 0) is 31.2 Å². The fourth-order valence-corrected chi connectivity index (χ4v) is 3.18. The van der Waals surface area contributed by atoms with Crippen molar-refractivity contribution in [3.8, 4) is 11.5 Å². The van der Waals surface area contributed by atoms with Crippen molar-refractivity contribution in [2.45, 2.75) is 13.3 Å². The van der Waals surface area contributed by atoms with Gasteiger partial charge in [0.1, 0.15) is 0 Å². The summed E-state index contributed by atoms with van der Waals surface area (Å²) in [5, 5.41) is 12.8. The van der Waals surface area contributed by atoms with Crippen LogP contribution in [0.2, 0.25) is 0 Å². The number of carbonyl (C=O) groups excluding carboxylic acids is 1. The highest BCUT2D eigenvalue weighted by molar-refractivity contribution is 6.08. The van der Waals surface area contributed by atoms with E-state index in [0.29, 0.717) is 42.3 Å². The fourth-order valence-electron chi connectivity index (χ4n) is 3.18. The molecule has 27 heavy (non-hydrogen) atoms. The van der Waals surface area contributed by atoms with Crippen LogP contribution in [0.4, 0.5) is 11.4 Å². The molecule has 0 unspecified atom stereocenters. The molecular formula is C20H22N2O5. The van der Waals surface area contributed by atoms with Crippen molar-refractivity contribution in [3.63, 3.8) is 0 Å². The number of nitrogens with zero attached hydrogens (tertiary/aromatic N) is 2. The van der Waals surface area contributed by atoms with E-state index in [2.05, 4.69) is 10.1 Å². The van der Waals surface area contributed by atoms with Gasteiger partial charge in [0.05, 0.1) is 37.8 Å². The monoisotopic (exact) mass is 370 g/mol. The molecule has 1 aliphatic rings. The van der Waals surface area contributed by atoms with Gasteiger partial charge in [-0.25, -0.2) is 4.79 Å². The predicted molar refractivity (Wildman–Crippen MR) is 102 cm³/mol. The quantitative estimate of drug-likeness (QED) is 0.492. The van der Waals surface area contributed by atoms with E-state index in [1.807, 2.05) is 18.2 Å². The molecule has 0 saturated carbocycles. The molecule has 7 heteroatoms. The number of carbonyl (C=O) groups is 1. The van der Waals surface area contributed by atoms with E-state index in [4.69, 9.17) is 14.2 Å². The topological polar surface area (TPSA) is 80.6 Å². The van der Waals surface area contributed by atoms with Crippen molar-refractivity contribution in [2.24, 2.45) is 5.16 Å². The van der Waals surface area contributed by atoms with E-state index in [9.17, 15) is 10.0 Å². The molecule has 0 atom stereocenters. The molecule has 0 aromatic heterocycles. The van der Waals surface area contributed by atoms with Crippen LogP contribution >= 0.6 is 0 Å². The van der Waals surface area contributed by atoms with Crippen LogP contribution in [-0.4, -0.2) is 44.3 Å². The SMILES string of the molecule is CCOC(=O)c1cccc(N2CC/C(=N\O)c3cc(OC)c(OC)cc32)c1. The van der Waals surface area contributed by atoms with Gasteiger partial charge in [-0.3, -0.25) is 0 Å². The Bertz CT molecular complexity index is 879. The van der Waals surface area contributed by atoms with E-state index < -0.39 is 0 Å². The van der Waals surface area contributed by atoms with E-state index in [0.717, 1.165) is 16.9 Å². The number of rotatable bonds is 5. The second kappa shape index (κ2) is 7.99.